The summed E-state index contributed by atoms with van der Waals surface area (Å²) in [5.74, 6) is 3.35. The van der Waals surface area contributed by atoms with Crippen molar-refractivity contribution >= 4 is 0 Å². The molecule has 0 amide bonds. The SMILES string of the molecule is COC[C@H]1Oc2cc([C@H]3OC[C@]4(O)[C@@H](Oc5c(OC)cc6c(c5OC)OCO6)OC[C@H]34)c(OC)cc2O[C@@H]1c1cccc(OC)c1. The van der Waals surface area contributed by atoms with Gasteiger partial charge < -0.3 is 61.9 Å². The normalized spacial score (nSPS) is 27.2. The van der Waals surface area contributed by atoms with Crippen LogP contribution in [0.1, 0.15) is 23.3 Å². The second kappa shape index (κ2) is 12.1. The van der Waals surface area contributed by atoms with Gasteiger partial charge in [-0.3, -0.25) is 0 Å². The Morgan fingerprint density at radius 3 is 2.37 bits per heavy atom. The van der Waals surface area contributed by atoms with E-state index in [1.165, 1.54) is 14.2 Å². The van der Waals surface area contributed by atoms with Gasteiger partial charge >= 0.3 is 0 Å². The molecule has 4 aliphatic heterocycles. The van der Waals surface area contributed by atoms with E-state index in [-0.39, 0.29) is 38.1 Å². The van der Waals surface area contributed by atoms with Crippen molar-refractivity contribution in [1.29, 1.82) is 0 Å². The topological polar surface area (TPSA) is 131 Å². The second-order valence-corrected chi connectivity index (χ2v) is 11.3. The van der Waals surface area contributed by atoms with E-state index in [2.05, 4.69) is 0 Å². The lowest BCUT2D eigenvalue weighted by Crippen LogP contribution is -2.47. The molecule has 0 radical (unpaired) electrons. The lowest BCUT2D eigenvalue weighted by molar-refractivity contribution is -0.153. The highest BCUT2D eigenvalue weighted by atomic mass is 16.7. The van der Waals surface area contributed by atoms with Gasteiger partial charge in [0.25, 0.3) is 0 Å². The minimum atomic E-state index is -1.52. The number of hydrogen-bond donors (Lipinski definition) is 1. The Morgan fingerprint density at radius 2 is 1.61 bits per heavy atom. The molecule has 3 aromatic rings. The Bertz CT molecular complexity index is 1590. The number of rotatable bonds is 10. The van der Waals surface area contributed by atoms with Crippen LogP contribution in [-0.4, -0.2) is 85.3 Å². The summed E-state index contributed by atoms with van der Waals surface area (Å²) in [6, 6.07) is 12.9. The molecular weight excluding hydrogens is 604 g/mol. The zero-order chi connectivity index (χ0) is 32.0. The molecule has 4 aliphatic rings. The van der Waals surface area contributed by atoms with E-state index in [0.717, 1.165) is 5.56 Å². The lowest BCUT2D eigenvalue weighted by Gasteiger charge is -2.35. The lowest BCUT2D eigenvalue weighted by atomic mass is 9.85. The molecule has 13 heteroatoms. The molecular formula is C33H36O13. The van der Waals surface area contributed by atoms with Crippen LogP contribution in [0.5, 0.6) is 51.7 Å². The number of methoxy groups -OCH3 is 5. The van der Waals surface area contributed by atoms with E-state index >= 15 is 0 Å². The van der Waals surface area contributed by atoms with Crippen LogP contribution in [0.25, 0.3) is 0 Å². The molecule has 7 rings (SSSR count). The van der Waals surface area contributed by atoms with E-state index in [0.29, 0.717) is 45.8 Å². The molecule has 0 unspecified atom stereocenters. The summed E-state index contributed by atoms with van der Waals surface area (Å²) in [5, 5.41) is 12.0. The number of fused-ring (bicyclic) bond motifs is 3. The van der Waals surface area contributed by atoms with Crippen molar-refractivity contribution in [2.45, 2.75) is 30.2 Å². The van der Waals surface area contributed by atoms with Crippen molar-refractivity contribution in [3.05, 3.63) is 53.6 Å². The Morgan fingerprint density at radius 1 is 0.804 bits per heavy atom. The zero-order valence-corrected chi connectivity index (χ0v) is 26.1. The summed E-state index contributed by atoms with van der Waals surface area (Å²) >= 11 is 0. The highest BCUT2D eigenvalue weighted by Gasteiger charge is 2.61. The first-order valence-electron chi connectivity index (χ1n) is 14.8. The fourth-order valence-electron chi connectivity index (χ4n) is 6.45. The minimum Gasteiger partial charge on any atom is -0.497 e. The maximum absolute atomic E-state index is 12.0. The van der Waals surface area contributed by atoms with Crippen LogP contribution >= 0.6 is 0 Å². The molecule has 0 bridgehead atoms. The molecule has 246 valence electrons. The summed E-state index contributed by atoms with van der Waals surface area (Å²) in [5.41, 5.74) is 0.0270. The minimum absolute atomic E-state index is 0.0327. The van der Waals surface area contributed by atoms with Crippen molar-refractivity contribution in [1.82, 2.24) is 0 Å². The van der Waals surface area contributed by atoms with Crippen LogP contribution in [0.4, 0.5) is 0 Å². The van der Waals surface area contributed by atoms with E-state index in [9.17, 15) is 5.11 Å². The monoisotopic (exact) mass is 640 g/mol. The van der Waals surface area contributed by atoms with E-state index in [4.69, 9.17) is 56.8 Å². The first-order valence-corrected chi connectivity index (χ1v) is 14.8. The average Bonchev–Trinajstić information content (AvgIpc) is 3.77. The van der Waals surface area contributed by atoms with Crippen LogP contribution in [0.3, 0.4) is 0 Å². The van der Waals surface area contributed by atoms with Crippen LogP contribution < -0.4 is 42.6 Å². The highest BCUT2D eigenvalue weighted by molar-refractivity contribution is 5.66. The molecule has 13 nitrogen and oxygen atoms in total. The molecule has 4 heterocycles. The molecule has 0 aliphatic carbocycles. The first kappa shape index (κ1) is 30.4. The van der Waals surface area contributed by atoms with Gasteiger partial charge in [0.1, 0.15) is 11.5 Å². The standard InChI is InChI=1S/C33H36O13/c1-35-14-26-27(17-7-6-8-18(9-17)36-2)45-23-11-21(37-3)19(10-22(23)44-26)28-20-13-40-32(33(20,34)15-41-28)46-30-24(38-4)12-25-29(31(30)39-5)43-16-42-25/h6-12,20,26-28,32,34H,13-16H2,1-5H3/t20-,26-,27-,28-,32-,33-/m1/s1. The van der Waals surface area contributed by atoms with Gasteiger partial charge in [0, 0.05) is 24.8 Å². The van der Waals surface area contributed by atoms with Gasteiger partial charge in [-0.25, -0.2) is 0 Å². The molecule has 0 saturated carbocycles. The second-order valence-electron chi connectivity index (χ2n) is 11.3. The molecule has 2 fully saturated rings. The fourth-order valence-corrected chi connectivity index (χ4v) is 6.45. The number of benzene rings is 3. The Balaban J connectivity index is 1.17. The Hall–Kier alpha value is -4.30. The van der Waals surface area contributed by atoms with E-state index in [1.807, 2.05) is 30.3 Å². The van der Waals surface area contributed by atoms with Gasteiger partial charge in [0.15, 0.2) is 40.8 Å². The summed E-state index contributed by atoms with van der Waals surface area (Å²) in [6.45, 7) is 0.391. The summed E-state index contributed by atoms with van der Waals surface area (Å²) in [6.07, 6.45) is -2.63. The summed E-state index contributed by atoms with van der Waals surface area (Å²) in [4.78, 5) is 0. The highest BCUT2D eigenvalue weighted by Crippen LogP contribution is 2.56. The number of ether oxygens (including phenoxy) is 12. The number of hydrogen-bond acceptors (Lipinski definition) is 13. The van der Waals surface area contributed by atoms with Gasteiger partial charge in [-0.05, 0) is 23.8 Å². The largest absolute Gasteiger partial charge is 0.497 e. The first-order chi connectivity index (χ1) is 22.4. The maximum atomic E-state index is 12.0. The molecule has 0 aromatic heterocycles. The molecule has 2 saturated heterocycles. The third-order valence-electron chi connectivity index (χ3n) is 8.75. The zero-order valence-electron chi connectivity index (χ0n) is 26.1. The third kappa shape index (κ3) is 4.94. The van der Waals surface area contributed by atoms with Crippen LogP contribution in [0.15, 0.2) is 42.5 Å². The van der Waals surface area contributed by atoms with Crippen molar-refractivity contribution in [3.63, 3.8) is 0 Å². The van der Waals surface area contributed by atoms with Gasteiger partial charge in [-0.15, -0.1) is 0 Å². The smallest absolute Gasteiger partial charge is 0.232 e. The predicted molar refractivity (Wildman–Crippen MR) is 159 cm³/mol. The van der Waals surface area contributed by atoms with Crippen molar-refractivity contribution in [2.24, 2.45) is 5.92 Å². The van der Waals surface area contributed by atoms with Crippen molar-refractivity contribution in [3.8, 4) is 51.7 Å². The molecule has 0 spiro atoms. The predicted octanol–water partition coefficient (Wildman–Crippen LogP) is 3.83. The van der Waals surface area contributed by atoms with Gasteiger partial charge in [-0.2, -0.15) is 0 Å². The average molecular weight is 641 g/mol. The third-order valence-corrected chi connectivity index (χ3v) is 8.75. The van der Waals surface area contributed by atoms with E-state index in [1.54, 1.807) is 33.5 Å². The quantitative estimate of drug-likeness (QED) is 0.345. The summed E-state index contributed by atoms with van der Waals surface area (Å²) < 4.78 is 70.5. The molecule has 3 aromatic carbocycles. The Labute approximate surface area is 265 Å². The van der Waals surface area contributed by atoms with Crippen LogP contribution in [0.2, 0.25) is 0 Å². The van der Waals surface area contributed by atoms with Crippen LogP contribution in [-0.2, 0) is 14.2 Å². The van der Waals surface area contributed by atoms with Gasteiger partial charge in [0.2, 0.25) is 30.3 Å². The molecule has 6 atom stereocenters. The van der Waals surface area contributed by atoms with Gasteiger partial charge in [0.05, 0.1) is 60.3 Å². The molecule has 46 heavy (non-hydrogen) atoms. The van der Waals surface area contributed by atoms with Crippen molar-refractivity contribution < 1.29 is 61.9 Å². The van der Waals surface area contributed by atoms with Crippen molar-refractivity contribution in [2.75, 3.05) is 62.2 Å². The van der Waals surface area contributed by atoms with E-state index < -0.39 is 36.1 Å². The Kier molecular flexibility index (Phi) is 8.01. The summed E-state index contributed by atoms with van der Waals surface area (Å²) in [7, 11) is 7.78. The maximum Gasteiger partial charge on any atom is 0.232 e. The van der Waals surface area contributed by atoms with Gasteiger partial charge in [-0.1, -0.05) is 12.1 Å². The molecule has 1 N–H and O–H groups in total. The fraction of sp³-hybridized carbons (Fsp3) is 0.455. The number of aliphatic hydroxyl groups is 1. The van der Waals surface area contributed by atoms with Crippen LogP contribution in [0, 0.1) is 5.92 Å².